The fourth-order valence-electron chi connectivity index (χ4n) is 9.89. The Morgan fingerprint density at radius 1 is 0.507 bits per heavy atom. The number of thiophene rings is 1. The van der Waals surface area contributed by atoms with Gasteiger partial charge in [0.25, 0.3) is 0 Å². The van der Waals surface area contributed by atoms with Crippen molar-refractivity contribution in [1.29, 1.82) is 5.41 Å². The molecule has 1 N–H and O–H groups in total. The van der Waals surface area contributed by atoms with E-state index in [0.29, 0.717) is 17.8 Å². The summed E-state index contributed by atoms with van der Waals surface area (Å²) >= 11 is 1.90. The number of para-hydroxylation sites is 3. The molecule has 0 bridgehead atoms. The molecule has 69 heavy (non-hydrogen) atoms. The van der Waals surface area contributed by atoms with E-state index in [2.05, 4.69) is 179 Å². The second kappa shape index (κ2) is 17.8. The fraction of sp³-hybridized carbons (Fsp3) is 0.0317. The predicted octanol–water partition coefficient (Wildman–Crippen LogP) is 16.4. The third-order valence-corrected chi connectivity index (χ3v) is 14.3. The standard InChI is InChI=1S/C63H45N5S/c1-42(62(64)66-63(46-27-13-5-14-28-46)65-41-44-23-9-3-10-24-44)39-52(45-25-11-4-12-26-45)57(40-43-21-7-2-8-22-43)68-54-34-20-18-32-51(54)59-56(68)38-36-49-48-35-37-55-58(60(48)69-61(49)59)50-31-17-19-33-53(50)67(55)47-29-15-6-16-30-47/h2-39,41,64H,40H2,1H3/b42-39+,57-52-,64-62?,65-41?,66-63?. The summed E-state index contributed by atoms with van der Waals surface area (Å²) in [7, 11) is 0. The minimum Gasteiger partial charge on any atom is -0.312 e. The van der Waals surface area contributed by atoms with Crippen molar-refractivity contribution in [3.63, 3.8) is 0 Å². The van der Waals surface area contributed by atoms with Gasteiger partial charge < -0.3 is 9.13 Å². The molecule has 0 aliphatic heterocycles. The Labute approximate surface area is 404 Å². The zero-order valence-corrected chi connectivity index (χ0v) is 38.7. The molecule has 0 spiro atoms. The van der Waals surface area contributed by atoms with Crippen molar-refractivity contribution in [2.24, 2.45) is 9.98 Å². The van der Waals surface area contributed by atoms with E-state index >= 15 is 0 Å². The molecule has 0 atom stereocenters. The number of nitrogens with one attached hydrogen (secondary N) is 1. The van der Waals surface area contributed by atoms with E-state index in [-0.39, 0.29) is 5.84 Å². The van der Waals surface area contributed by atoms with Crippen LogP contribution in [0.15, 0.2) is 246 Å². The van der Waals surface area contributed by atoms with Crippen molar-refractivity contribution < 1.29 is 0 Å². The zero-order chi connectivity index (χ0) is 46.3. The topological polar surface area (TPSA) is 58.4 Å². The second-order valence-corrected chi connectivity index (χ2v) is 18.4. The molecular weight excluding hydrogens is 859 g/mol. The summed E-state index contributed by atoms with van der Waals surface area (Å²) in [5.74, 6) is 0.615. The zero-order valence-electron chi connectivity index (χ0n) is 37.9. The molecule has 0 aliphatic rings. The van der Waals surface area contributed by atoms with Gasteiger partial charge in [-0.05, 0) is 71.7 Å². The number of hydrogen-bond acceptors (Lipinski definition) is 2. The van der Waals surface area contributed by atoms with E-state index in [9.17, 15) is 5.41 Å². The van der Waals surface area contributed by atoms with Gasteiger partial charge in [-0.25, -0.2) is 9.98 Å². The summed E-state index contributed by atoms with van der Waals surface area (Å²) in [5, 5.41) is 17.1. The van der Waals surface area contributed by atoms with Gasteiger partial charge in [0.1, 0.15) is 5.84 Å². The number of benzene rings is 9. The van der Waals surface area contributed by atoms with E-state index < -0.39 is 0 Å². The number of rotatable bonds is 9. The third kappa shape index (κ3) is 7.57. The van der Waals surface area contributed by atoms with Crippen molar-refractivity contribution in [2.75, 3.05) is 0 Å². The van der Waals surface area contributed by atoms with Gasteiger partial charge in [0, 0.05) is 76.9 Å². The van der Waals surface area contributed by atoms with E-state index in [1.54, 1.807) is 0 Å². The molecule has 3 aromatic heterocycles. The summed E-state index contributed by atoms with van der Waals surface area (Å²) in [5.41, 5.74) is 12.7. The van der Waals surface area contributed by atoms with Gasteiger partial charge in [-0.3, -0.25) is 5.41 Å². The number of amidine groups is 2. The molecule has 12 aromatic rings. The van der Waals surface area contributed by atoms with Crippen LogP contribution in [0, 0.1) is 5.41 Å². The van der Waals surface area contributed by atoms with Crippen LogP contribution in [-0.4, -0.2) is 27.0 Å². The highest BCUT2D eigenvalue weighted by Gasteiger charge is 2.23. The number of nitrogens with zero attached hydrogens (tertiary/aromatic N) is 4. The highest BCUT2D eigenvalue weighted by molar-refractivity contribution is 7.27. The highest BCUT2D eigenvalue weighted by atomic mass is 32.1. The van der Waals surface area contributed by atoms with Crippen LogP contribution in [-0.2, 0) is 6.42 Å². The van der Waals surface area contributed by atoms with Crippen molar-refractivity contribution >= 4 is 104 Å². The summed E-state index contributed by atoms with van der Waals surface area (Å²) in [6, 6.07) is 78.9. The number of hydrogen-bond donors (Lipinski definition) is 1. The normalized spacial score (nSPS) is 12.9. The largest absolute Gasteiger partial charge is 0.312 e. The Hall–Kier alpha value is -8.71. The summed E-state index contributed by atoms with van der Waals surface area (Å²) in [6.07, 6.45) is 4.60. The van der Waals surface area contributed by atoms with Gasteiger partial charge >= 0.3 is 0 Å². The Morgan fingerprint density at radius 2 is 1.03 bits per heavy atom. The van der Waals surface area contributed by atoms with Crippen LogP contribution in [0.5, 0.6) is 0 Å². The van der Waals surface area contributed by atoms with E-state index in [1.807, 2.05) is 85.1 Å². The summed E-state index contributed by atoms with van der Waals surface area (Å²) in [4.78, 5) is 9.78. The molecule has 3 heterocycles. The summed E-state index contributed by atoms with van der Waals surface area (Å²) < 4.78 is 7.46. The molecule has 328 valence electrons. The molecule has 0 radical (unpaired) electrons. The van der Waals surface area contributed by atoms with Gasteiger partial charge in [-0.15, -0.1) is 11.3 Å². The predicted molar refractivity (Wildman–Crippen MR) is 295 cm³/mol. The molecule has 9 aromatic carbocycles. The first-order valence-corrected chi connectivity index (χ1v) is 24.1. The van der Waals surface area contributed by atoms with Gasteiger partial charge in [-0.2, -0.15) is 0 Å². The van der Waals surface area contributed by atoms with Crippen LogP contribution < -0.4 is 0 Å². The first-order valence-electron chi connectivity index (χ1n) is 23.3. The van der Waals surface area contributed by atoms with Crippen molar-refractivity contribution in [1.82, 2.24) is 9.13 Å². The Kier molecular flexibility index (Phi) is 10.8. The molecule has 5 nitrogen and oxygen atoms in total. The van der Waals surface area contributed by atoms with Crippen LogP contribution in [0.4, 0.5) is 0 Å². The Morgan fingerprint density at radius 3 is 1.70 bits per heavy atom. The SMILES string of the molecule is C/C(=C\C(=C(/Cc1ccccc1)n1c2ccccc2c2c3sc4c(ccc5c4c4ccccc4n5-c4ccccc4)c3ccc21)c1ccccc1)C(=N)N=C(N=Cc1ccccc1)c1ccccc1. The lowest BCUT2D eigenvalue weighted by Crippen LogP contribution is -2.07. The summed E-state index contributed by atoms with van der Waals surface area (Å²) in [6.45, 7) is 1.99. The monoisotopic (exact) mass is 903 g/mol. The molecule has 0 saturated carbocycles. The van der Waals surface area contributed by atoms with Crippen LogP contribution in [0.3, 0.4) is 0 Å². The number of allylic oxidation sites excluding steroid dienone is 3. The lowest BCUT2D eigenvalue weighted by Gasteiger charge is -2.19. The molecular formula is C63H45N5S. The molecule has 0 saturated heterocycles. The lowest BCUT2D eigenvalue weighted by molar-refractivity contribution is 1.11. The number of fused-ring (bicyclic) bond motifs is 11. The Bertz CT molecular complexity index is 4030. The van der Waals surface area contributed by atoms with Gasteiger partial charge in [-0.1, -0.05) is 188 Å². The maximum atomic E-state index is 9.55. The maximum absolute atomic E-state index is 9.55. The molecule has 12 rings (SSSR count). The van der Waals surface area contributed by atoms with Crippen LogP contribution >= 0.6 is 11.3 Å². The average molecular weight is 904 g/mol. The van der Waals surface area contributed by atoms with E-state index in [4.69, 9.17) is 9.98 Å². The van der Waals surface area contributed by atoms with Crippen molar-refractivity contribution in [2.45, 2.75) is 13.3 Å². The highest BCUT2D eigenvalue weighted by Crippen LogP contribution is 2.48. The maximum Gasteiger partial charge on any atom is 0.161 e. The molecule has 0 fully saturated rings. The average Bonchev–Trinajstić information content (AvgIpc) is 4.07. The first-order chi connectivity index (χ1) is 34.1. The molecule has 0 aliphatic carbocycles. The van der Waals surface area contributed by atoms with Gasteiger partial charge in [0.05, 0.1) is 22.1 Å². The van der Waals surface area contributed by atoms with Crippen LogP contribution in [0.2, 0.25) is 0 Å². The minimum absolute atomic E-state index is 0.140. The van der Waals surface area contributed by atoms with Gasteiger partial charge in [0.2, 0.25) is 0 Å². The molecule has 6 heteroatoms. The van der Waals surface area contributed by atoms with Crippen molar-refractivity contribution in [3.05, 3.63) is 258 Å². The molecule has 0 unspecified atom stereocenters. The Balaban J connectivity index is 1.11. The first kappa shape index (κ1) is 41.7. The van der Waals surface area contributed by atoms with E-state index in [1.165, 1.54) is 58.3 Å². The third-order valence-electron chi connectivity index (χ3n) is 13.1. The second-order valence-electron chi connectivity index (χ2n) is 17.4. The molecule has 0 amide bonds. The van der Waals surface area contributed by atoms with E-state index in [0.717, 1.165) is 44.7 Å². The fourth-order valence-corrected chi connectivity index (χ4v) is 11.3. The van der Waals surface area contributed by atoms with Crippen molar-refractivity contribution in [3.8, 4) is 5.69 Å². The van der Waals surface area contributed by atoms with Crippen LogP contribution in [0.25, 0.3) is 80.7 Å². The van der Waals surface area contributed by atoms with Gasteiger partial charge in [0.15, 0.2) is 5.84 Å². The quantitative estimate of drug-likeness (QED) is 0.0852. The number of aliphatic imine (C=N–C) groups is 2. The van der Waals surface area contributed by atoms with Crippen LogP contribution in [0.1, 0.15) is 29.2 Å². The number of aromatic nitrogens is 2. The minimum atomic E-state index is 0.140. The smallest absolute Gasteiger partial charge is 0.161 e. The lowest BCUT2D eigenvalue weighted by atomic mass is 9.96.